The summed E-state index contributed by atoms with van der Waals surface area (Å²) in [6, 6.07) is 6.19. The van der Waals surface area contributed by atoms with Crippen molar-refractivity contribution in [3.05, 3.63) is 57.0 Å². The van der Waals surface area contributed by atoms with Crippen molar-refractivity contribution in [3.8, 4) is 0 Å². The number of rotatable bonds is 1. The smallest absolute Gasteiger partial charge is 0.330 e. The third-order valence-electron chi connectivity index (χ3n) is 4.64. The molecule has 1 fully saturated rings. The van der Waals surface area contributed by atoms with Crippen LogP contribution in [0.4, 0.5) is 0 Å². The summed E-state index contributed by atoms with van der Waals surface area (Å²) in [6.45, 7) is 0.783. The lowest BCUT2D eigenvalue weighted by atomic mass is 9.89. The summed E-state index contributed by atoms with van der Waals surface area (Å²) >= 11 is 0. The van der Waals surface area contributed by atoms with Crippen LogP contribution in [0.2, 0.25) is 0 Å². The van der Waals surface area contributed by atoms with E-state index in [4.69, 9.17) is 0 Å². The van der Waals surface area contributed by atoms with Gasteiger partial charge >= 0.3 is 5.70 Å². The third-order valence-corrected chi connectivity index (χ3v) is 4.64. The topological polar surface area (TPSA) is 116 Å². The van der Waals surface area contributed by atoms with Gasteiger partial charge in [0.15, 0.2) is 5.82 Å². The minimum absolute atomic E-state index is 0.0177. The Labute approximate surface area is 124 Å². The lowest BCUT2D eigenvalue weighted by molar-refractivity contribution is -0.445. The molecule has 4 rings (SSSR count). The van der Waals surface area contributed by atoms with Gasteiger partial charge in [-0.05, 0) is 6.42 Å². The molecule has 1 aromatic rings. The van der Waals surface area contributed by atoms with Gasteiger partial charge in [0, 0.05) is 24.2 Å². The van der Waals surface area contributed by atoms with E-state index in [9.17, 15) is 25.1 Å². The van der Waals surface area contributed by atoms with Crippen molar-refractivity contribution >= 4 is 5.78 Å². The molecule has 1 saturated heterocycles. The number of fused-ring (bicyclic) bond motifs is 5. The van der Waals surface area contributed by atoms with E-state index in [-0.39, 0.29) is 16.9 Å². The Morgan fingerprint density at radius 2 is 2.05 bits per heavy atom. The second kappa shape index (κ2) is 3.84. The van der Waals surface area contributed by atoms with Gasteiger partial charge in [-0.15, -0.1) is 0 Å². The number of ketones is 1. The van der Waals surface area contributed by atoms with Crippen LogP contribution >= 0.6 is 0 Å². The molecule has 8 nitrogen and oxygen atoms in total. The first-order chi connectivity index (χ1) is 10.4. The fraction of sp³-hybridized carbons (Fsp3) is 0.357. The Morgan fingerprint density at radius 1 is 1.32 bits per heavy atom. The highest BCUT2D eigenvalue weighted by molar-refractivity contribution is 6.10. The SMILES string of the molecule is O=C1c2ccccc2C2(O)N3CCCNC3=C([N+](=O)[O-])C12O. The predicted molar refractivity (Wildman–Crippen MR) is 73.0 cm³/mol. The number of carbonyl (C=O) groups excluding carboxylic acids is 1. The molecule has 0 radical (unpaired) electrons. The van der Waals surface area contributed by atoms with Gasteiger partial charge in [-0.1, -0.05) is 24.3 Å². The summed E-state index contributed by atoms with van der Waals surface area (Å²) in [5.74, 6) is -0.829. The maximum absolute atomic E-state index is 12.7. The van der Waals surface area contributed by atoms with Crippen LogP contribution in [0.15, 0.2) is 35.8 Å². The molecule has 3 N–H and O–H groups in total. The van der Waals surface area contributed by atoms with Crippen LogP contribution in [0, 0.1) is 10.1 Å². The van der Waals surface area contributed by atoms with Gasteiger partial charge in [0.05, 0.1) is 4.92 Å². The van der Waals surface area contributed by atoms with Gasteiger partial charge in [0.25, 0.3) is 5.60 Å². The van der Waals surface area contributed by atoms with Crippen molar-refractivity contribution in [2.75, 3.05) is 13.1 Å². The van der Waals surface area contributed by atoms with E-state index in [2.05, 4.69) is 5.32 Å². The average molecular weight is 303 g/mol. The van der Waals surface area contributed by atoms with E-state index in [1.807, 2.05) is 0 Å². The van der Waals surface area contributed by atoms with Gasteiger partial charge in [-0.3, -0.25) is 14.9 Å². The van der Waals surface area contributed by atoms with Crippen molar-refractivity contribution in [2.45, 2.75) is 17.7 Å². The molecule has 3 aliphatic rings. The zero-order valence-electron chi connectivity index (χ0n) is 11.4. The number of aliphatic hydroxyl groups is 2. The minimum Gasteiger partial charge on any atom is -0.368 e. The molecule has 1 aliphatic carbocycles. The van der Waals surface area contributed by atoms with E-state index in [1.54, 1.807) is 12.1 Å². The van der Waals surface area contributed by atoms with Crippen LogP contribution in [0.25, 0.3) is 0 Å². The molecule has 2 heterocycles. The van der Waals surface area contributed by atoms with E-state index in [0.717, 1.165) is 0 Å². The molecule has 2 unspecified atom stereocenters. The highest BCUT2D eigenvalue weighted by atomic mass is 16.6. The van der Waals surface area contributed by atoms with Crippen LogP contribution in [0.5, 0.6) is 0 Å². The van der Waals surface area contributed by atoms with Gasteiger partial charge < -0.3 is 20.4 Å². The highest BCUT2D eigenvalue weighted by Gasteiger charge is 2.77. The van der Waals surface area contributed by atoms with Gasteiger partial charge in [-0.25, -0.2) is 0 Å². The fourth-order valence-corrected chi connectivity index (χ4v) is 3.72. The Morgan fingerprint density at radius 3 is 2.77 bits per heavy atom. The summed E-state index contributed by atoms with van der Waals surface area (Å²) in [6.07, 6.45) is 0.628. The summed E-state index contributed by atoms with van der Waals surface area (Å²) < 4.78 is 0. The maximum atomic E-state index is 12.7. The molecule has 0 spiro atoms. The highest BCUT2D eigenvalue weighted by Crippen LogP contribution is 2.56. The Bertz CT molecular complexity index is 761. The van der Waals surface area contributed by atoms with Gasteiger partial charge in [0.1, 0.15) is 0 Å². The van der Waals surface area contributed by atoms with E-state index >= 15 is 0 Å². The normalized spacial score (nSPS) is 32.5. The Balaban J connectivity index is 2.06. The molecule has 114 valence electrons. The van der Waals surface area contributed by atoms with Crippen molar-refractivity contribution in [1.82, 2.24) is 10.2 Å². The third kappa shape index (κ3) is 1.15. The van der Waals surface area contributed by atoms with Gasteiger partial charge in [-0.2, -0.15) is 0 Å². The summed E-state index contributed by atoms with van der Waals surface area (Å²) in [5, 5.41) is 36.5. The van der Waals surface area contributed by atoms with Crippen molar-refractivity contribution < 1.29 is 19.9 Å². The van der Waals surface area contributed by atoms with E-state index < -0.39 is 27.7 Å². The quantitative estimate of drug-likeness (QED) is 0.473. The standard InChI is InChI=1S/C14H13N3O5/c18-11-8-4-1-2-5-9(8)14(20)13(11,19)10(17(21)22)12-15-6-3-7-16(12)14/h1-2,4-5,15,19-20H,3,6-7H2. The van der Waals surface area contributed by atoms with Crippen LogP contribution in [0.1, 0.15) is 22.3 Å². The van der Waals surface area contributed by atoms with E-state index in [0.29, 0.717) is 19.5 Å². The molecule has 0 bridgehead atoms. The molecule has 2 aliphatic heterocycles. The second-order valence-electron chi connectivity index (χ2n) is 5.64. The monoisotopic (exact) mass is 303 g/mol. The number of nitrogens with zero attached hydrogens (tertiary/aromatic N) is 2. The zero-order valence-corrected chi connectivity index (χ0v) is 11.4. The predicted octanol–water partition coefficient (Wildman–Crippen LogP) is -0.486. The molecule has 0 amide bonds. The first-order valence-electron chi connectivity index (χ1n) is 6.93. The maximum Gasteiger partial charge on any atom is 0.330 e. The molecule has 0 aromatic heterocycles. The lowest BCUT2D eigenvalue weighted by Crippen LogP contribution is -2.59. The molecular formula is C14H13N3O5. The van der Waals surface area contributed by atoms with Crippen LogP contribution in [-0.4, -0.2) is 44.5 Å². The number of carbonyl (C=O) groups is 1. The van der Waals surface area contributed by atoms with Crippen LogP contribution in [0.3, 0.4) is 0 Å². The van der Waals surface area contributed by atoms with Gasteiger partial charge in [0.2, 0.25) is 11.5 Å². The fourth-order valence-electron chi connectivity index (χ4n) is 3.72. The van der Waals surface area contributed by atoms with Crippen molar-refractivity contribution in [2.24, 2.45) is 0 Å². The molecule has 2 atom stereocenters. The molecule has 0 saturated carbocycles. The van der Waals surface area contributed by atoms with Crippen molar-refractivity contribution in [1.29, 1.82) is 0 Å². The number of hydrogen-bond acceptors (Lipinski definition) is 7. The first-order valence-corrected chi connectivity index (χ1v) is 6.93. The Kier molecular flexibility index (Phi) is 2.31. The average Bonchev–Trinajstić information content (AvgIpc) is 2.83. The molecule has 8 heteroatoms. The summed E-state index contributed by atoms with van der Waals surface area (Å²) in [5.41, 5.74) is -5.13. The summed E-state index contributed by atoms with van der Waals surface area (Å²) in [4.78, 5) is 24.7. The molecule has 22 heavy (non-hydrogen) atoms. The number of nitro groups is 1. The number of benzene rings is 1. The summed E-state index contributed by atoms with van der Waals surface area (Å²) in [7, 11) is 0. The minimum atomic E-state index is -2.60. The van der Waals surface area contributed by atoms with Crippen molar-refractivity contribution in [3.63, 3.8) is 0 Å². The Hall–Kier alpha value is -2.45. The van der Waals surface area contributed by atoms with Crippen LogP contribution in [-0.2, 0) is 5.72 Å². The lowest BCUT2D eigenvalue weighted by Gasteiger charge is -2.40. The number of hydrogen-bond donors (Lipinski definition) is 3. The first kappa shape index (κ1) is 13.2. The number of nitrogens with one attached hydrogen (secondary N) is 1. The van der Waals surface area contributed by atoms with E-state index in [1.165, 1.54) is 17.0 Å². The van der Waals surface area contributed by atoms with Crippen LogP contribution < -0.4 is 5.32 Å². The molecular weight excluding hydrogens is 290 g/mol. The zero-order chi connectivity index (χ0) is 15.7. The molecule has 1 aromatic carbocycles. The largest absolute Gasteiger partial charge is 0.368 e. The number of Topliss-reactive ketones (excluding diaryl/α,β-unsaturated/α-hetero) is 1. The second-order valence-corrected chi connectivity index (χ2v) is 5.64.